The maximum absolute atomic E-state index is 6.06. The zero-order chi connectivity index (χ0) is 14.3. The van der Waals surface area contributed by atoms with Crippen molar-refractivity contribution < 1.29 is 4.74 Å². The third kappa shape index (κ3) is 2.52. The van der Waals surface area contributed by atoms with Gasteiger partial charge in [0.25, 0.3) is 0 Å². The predicted octanol–water partition coefficient (Wildman–Crippen LogP) is 3.95. The van der Waals surface area contributed by atoms with Crippen molar-refractivity contribution in [3.8, 4) is 0 Å². The van der Waals surface area contributed by atoms with E-state index in [4.69, 9.17) is 27.9 Å². The monoisotopic (exact) mass is 313 g/mol. The summed E-state index contributed by atoms with van der Waals surface area (Å²) in [6.07, 6.45) is 3.53. The number of nitrogens with zero attached hydrogens (tertiary/aromatic N) is 3. The molecule has 1 fully saturated rings. The van der Waals surface area contributed by atoms with Gasteiger partial charge >= 0.3 is 0 Å². The van der Waals surface area contributed by atoms with Crippen LogP contribution in [0.15, 0.2) is 12.3 Å². The van der Waals surface area contributed by atoms with Gasteiger partial charge in [-0.2, -0.15) is 0 Å². The molecule has 20 heavy (non-hydrogen) atoms. The number of alkyl halides is 1. The Labute approximate surface area is 128 Å². The SMILES string of the molecule is CC1(C)CC(n2c(CCl)nc3cc(Cl)cnc32)CCO1. The van der Waals surface area contributed by atoms with Crippen molar-refractivity contribution in [2.45, 2.75) is 44.2 Å². The van der Waals surface area contributed by atoms with Gasteiger partial charge in [0.05, 0.1) is 16.5 Å². The van der Waals surface area contributed by atoms with Crippen LogP contribution >= 0.6 is 23.2 Å². The number of ether oxygens (including phenoxy) is 1. The molecule has 0 aliphatic carbocycles. The van der Waals surface area contributed by atoms with Crippen LogP contribution in [0, 0.1) is 0 Å². The van der Waals surface area contributed by atoms with Gasteiger partial charge in [0.1, 0.15) is 11.3 Å². The number of pyridine rings is 1. The van der Waals surface area contributed by atoms with E-state index < -0.39 is 0 Å². The van der Waals surface area contributed by atoms with E-state index in [-0.39, 0.29) is 5.60 Å². The van der Waals surface area contributed by atoms with E-state index in [0.717, 1.165) is 36.4 Å². The molecule has 0 spiro atoms. The Kier molecular flexibility index (Phi) is 3.65. The van der Waals surface area contributed by atoms with Crippen molar-refractivity contribution in [3.05, 3.63) is 23.1 Å². The molecular formula is C14H17Cl2N3O. The van der Waals surface area contributed by atoms with Crippen molar-refractivity contribution in [3.63, 3.8) is 0 Å². The minimum absolute atomic E-state index is 0.129. The second-order valence-electron chi connectivity index (χ2n) is 5.78. The summed E-state index contributed by atoms with van der Waals surface area (Å²) in [5.41, 5.74) is 1.53. The molecule has 0 saturated carbocycles. The van der Waals surface area contributed by atoms with Crippen LogP contribution in [0.1, 0.15) is 38.6 Å². The van der Waals surface area contributed by atoms with Gasteiger partial charge in [0.15, 0.2) is 5.65 Å². The highest BCUT2D eigenvalue weighted by atomic mass is 35.5. The van der Waals surface area contributed by atoms with Gasteiger partial charge in [0.2, 0.25) is 0 Å². The molecule has 0 radical (unpaired) electrons. The summed E-state index contributed by atoms with van der Waals surface area (Å²) in [6, 6.07) is 2.15. The van der Waals surface area contributed by atoms with E-state index in [1.807, 2.05) is 6.07 Å². The first-order chi connectivity index (χ1) is 9.50. The van der Waals surface area contributed by atoms with Crippen molar-refractivity contribution in [2.75, 3.05) is 6.61 Å². The number of imidazole rings is 1. The predicted molar refractivity (Wildman–Crippen MR) is 80.4 cm³/mol. The Morgan fingerprint density at radius 2 is 2.30 bits per heavy atom. The molecule has 4 nitrogen and oxygen atoms in total. The molecule has 3 rings (SSSR count). The van der Waals surface area contributed by atoms with Gasteiger partial charge < -0.3 is 9.30 Å². The highest BCUT2D eigenvalue weighted by Gasteiger charge is 2.32. The maximum atomic E-state index is 6.06. The Hall–Kier alpha value is -0.840. The van der Waals surface area contributed by atoms with Crippen LogP contribution in [0.25, 0.3) is 11.2 Å². The summed E-state index contributed by atoms with van der Waals surface area (Å²) in [6.45, 7) is 4.97. The number of aromatic nitrogens is 3. The summed E-state index contributed by atoms with van der Waals surface area (Å²) in [4.78, 5) is 9.00. The molecule has 0 amide bonds. The van der Waals surface area contributed by atoms with Gasteiger partial charge in [-0.15, -0.1) is 11.6 Å². The van der Waals surface area contributed by atoms with Crippen molar-refractivity contribution in [1.82, 2.24) is 14.5 Å². The first kappa shape index (κ1) is 14.1. The molecule has 1 atom stereocenters. The van der Waals surface area contributed by atoms with Gasteiger partial charge in [-0.05, 0) is 32.8 Å². The number of rotatable bonds is 2. The molecule has 0 N–H and O–H groups in total. The van der Waals surface area contributed by atoms with Gasteiger partial charge in [-0.25, -0.2) is 9.97 Å². The fourth-order valence-electron chi connectivity index (χ4n) is 2.90. The van der Waals surface area contributed by atoms with Crippen LogP contribution < -0.4 is 0 Å². The second-order valence-corrected chi connectivity index (χ2v) is 6.49. The van der Waals surface area contributed by atoms with Crippen LogP contribution in [0.3, 0.4) is 0 Å². The normalized spacial score (nSPS) is 22.3. The topological polar surface area (TPSA) is 39.9 Å². The summed E-state index contributed by atoms with van der Waals surface area (Å²) in [5, 5.41) is 0.593. The molecule has 3 heterocycles. The molecular weight excluding hydrogens is 297 g/mol. The third-order valence-electron chi connectivity index (χ3n) is 3.73. The Balaban J connectivity index is 2.09. The fourth-order valence-corrected chi connectivity index (χ4v) is 3.24. The number of halogens is 2. The molecule has 1 aliphatic rings. The summed E-state index contributed by atoms with van der Waals surface area (Å²) >= 11 is 12.0. The number of fused-ring (bicyclic) bond motifs is 1. The molecule has 1 unspecified atom stereocenters. The Morgan fingerprint density at radius 3 is 3.00 bits per heavy atom. The molecule has 6 heteroatoms. The summed E-state index contributed by atoms with van der Waals surface area (Å²) in [5.74, 6) is 1.21. The fraction of sp³-hybridized carbons (Fsp3) is 0.571. The zero-order valence-electron chi connectivity index (χ0n) is 11.6. The van der Waals surface area contributed by atoms with Crippen LogP contribution in [-0.4, -0.2) is 26.7 Å². The van der Waals surface area contributed by atoms with E-state index in [9.17, 15) is 0 Å². The second kappa shape index (κ2) is 5.17. The van der Waals surface area contributed by atoms with E-state index in [1.54, 1.807) is 6.20 Å². The molecule has 1 aliphatic heterocycles. The van der Waals surface area contributed by atoms with Gasteiger partial charge in [-0.1, -0.05) is 11.6 Å². The van der Waals surface area contributed by atoms with Crippen molar-refractivity contribution >= 4 is 34.4 Å². The molecule has 1 saturated heterocycles. The van der Waals surface area contributed by atoms with E-state index in [2.05, 4.69) is 28.4 Å². The summed E-state index contributed by atoms with van der Waals surface area (Å²) < 4.78 is 7.95. The smallest absolute Gasteiger partial charge is 0.160 e. The van der Waals surface area contributed by atoms with Crippen LogP contribution in [-0.2, 0) is 10.6 Å². The number of hydrogen-bond acceptors (Lipinski definition) is 3. The van der Waals surface area contributed by atoms with E-state index in [1.165, 1.54) is 0 Å². The lowest BCUT2D eigenvalue weighted by Gasteiger charge is -2.36. The molecule has 0 aromatic carbocycles. The third-order valence-corrected chi connectivity index (χ3v) is 4.17. The van der Waals surface area contributed by atoms with Crippen molar-refractivity contribution in [1.29, 1.82) is 0 Å². The van der Waals surface area contributed by atoms with E-state index in [0.29, 0.717) is 16.9 Å². The lowest BCUT2D eigenvalue weighted by molar-refractivity contribution is -0.0688. The molecule has 0 bridgehead atoms. The largest absolute Gasteiger partial charge is 0.375 e. The standard InChI is InChI=1S/C14H17Cl2N3O/c1-14(2)6-10(3-4-20-14)19-12(7-15)18-11-5-9(16)8-17-13(11)19/h5,8,10H,3-4,6-7H2,1-2H3. The van der Waals surface area contributed by atoms with Crippen LogP contribution in [0.4, 0.5) is 0 Å². The average molecular weight is 314 g/mol. The van der Waals surface area contributed by atoms with Crippen LogP contribution in [0.2, 0.25) is 5.02 Å². The number of hydrogen-bond donors (Lipinski definition) is 0. The average Bonchev–Trinajstić information content (AvgIpc) is 2.74. The van der Waals surface area contributed by atoms with E-state index >= 15 is 0 Å². The lowest BCUT2D eigenvalue weighted by atomic mass is 9.93. The summed E-state index contributed by atoms with van der Waals surface area (Å²) in [7, 11) is 0. The Morgan fingerprint density at radius 1 is 1.50 bits per heavy atom. The maximum Gasteiger partial charge on any atom is 0.160 e. The molecule has 2 aromatic heterocycles. The lowest BCUT2D eigenvalue weighted by Crippen LogP contribution is -2.35. The highest BCUT2D eigenvalue weighted by Crippen LogP contribution is 2.35. The van der Waals surface area contributed by atoms with Crippen LogP contribution in [0.5, 0.6) is 0 Å². The minimum Gasteiger partial charge on any atom is -0.375 e. The molecule has 2 aromatic rings. The minimum atomic E-state index is -0.129. The highest BCUT2D eigenvalue weighted by molar-refractivity contribution is 6.31. The van der Waals surface area contributed by atoms with Gasteiger partial charge in [-0.3, -0.25) is 0 Å². The zero-order valence-corrected chi connectivity index (χ0v) is 13.1. The first-order valence-corrected chi connectivity index (χ1v) is 7.64. The molecule has 108 valence electrons. The first-order valence-electron chi connectivity index (χ1n) is 6.72. The quantitative estimate of drug-likeness (QED) is 0.788. The van der Waals surface area contributed by atoms with Gasteiger partial charge in [0, 0.05) is 18.8 Å². The Bertz CT molecular complexity index is 639. The van der Waals surface area contributed by atoms with Crippen molar-refractivity contribution in [2.24, 2.45) is 0 Å².